The van der Waals surface area contributed by atoms with Crippen LogP contribution in [0.1, 0.15) is 26.3 Å². The van der Waals surface area contributed by atoms with Crippen LogP contribution in [0.5, 0.6) is 5.75 Å². The summed E-state index contributed by atoms with van der Waals surface area (Å²) < 4.78 is 5.34. The van der Waals surface area contributed by atoms with Crippen molar-refractivity contribution >= 4 is 17.1 Å². The van der Waals surface area contributed by atoms with Crippen molar-refractivity contribution < 1.29 is 9.53 Å². The second kappa shape index (κ2) is 4.46. The summed E-state index contributed by atoms with van der Waals surface area (Å²) in [6.07, 6.45) is 2.94. The highest BCUT2D eigenvalue weighted by Crippen LogP contribution is 2.25. The topological polar surface area (TPSA) is 84.9 Å². The van der Waals surface area contributed by atoms with E-state index in [4.69, 9.17) is 4.74 Å². The van der Waals surface area contributed by atoms with Gasteiger partial charge in [0.05, 0.1) is 11.0 Å². The van der Waals surface area contributed by atoms with Gasteiger partial charge in [0, 0.05) is 12.4 Å². The number of H-pyrrole nitrogens is 1. The largest absolute Gasteiger partial charge is 0.423 e. The highest BCUT2D eigenvalue weighted by atomic mass is 16.5. The minimum absolute atomic E-state index is 0.173. The van der Waals surface area contributed by atoms with Gasteiger partial charge in [-0.2, -0.15) is 0 Å². The Kier molecular flexibility index (Phi) is 3.09. The maximum Gasteiger partial charge on any atom is 0.316 e. The quantitative estimate of drug-likeness (QED) is 0.788. The smallest absolute Gasteiger partial charge is 0.316 e. The Morgan fingerprint density at radius 1 is 1.26 bits per heavy atom. The van der Waals surface area contributed by atoms with Gasteiger partial charge in [-0.25, -0.2) is 9.97 Å². The number of nitrogens with one attached hydrogen (secondary N) is 1. The van der Waals surface area contributed by atoms with Gasteiger partial charge >= 0.3 is 5.97 Å². The van der Waals surface area contributed by atoms with Crippen molar-refractivity contribution in [3.8, 4) is 5.75 Å². The summed E-state index contributed by atoms with van der Waals surface area (Å²) in [6, 6.07) is 0. The third kappa shape index (κ3) is 2.47. The number of hydrogen-bond acceptors (Lipinski definition) is 5. The van der Waals surface area contributed by atoms with Crippen molar-refractivity contribution in [3.05, 3.63) is 28.3 Å². The molecule has 0 radical (unpaired) electrons. The van der Waals surface area contributed by atoms with Crippen molar-refractivity contribution in [2.45, 2.75) is 27.7 Å². The number of hydrogen-bond donors (Lipinski definition) is 1. The Morgan fingerprint density at radius 2 is 1.89 bits per heavy atom. The lowest BCUT2D eigenvalue weighted by Gasteiger charge is -2.17. The maximum atomic E-state index is 12.0. The van der Waals surface area contributed by atoms with Crippen LogP contribution in [0.15, 0.2) is 17.2 Å². The minimum atomic E-state index is -0.663. The van der Waals surface area contributed by atoms with Crippen LogP contribution in [-0.4, -0.2) is 20.9 Å². The van der Waals surface area contributed by atoms with Gasteiger partial charge in [-0.3, -0.25) is 9.59 Å². The van der Waals surface area contributed by atoms with Gasteiger partial charge in [0.1, 0.15) is 5.52 Å². The summed E-state index contributed by atoms with van der Waals surface area (Å²) in [7, 11) is 0. The SMILES string of the molecule is Cc1c(OC(=O)C(C)(C)C)c2nccnc2[nH]c1=O. The number of pyridine rings is 1. The lowest BCUT2D eigenvalue weighted by molar-refractivity contribution is -0.142. The van der Waals surface area contributed by atoms with Crippen LogP contribution in [-0.2, 0) is 4.79 Å². The number of rotatable bonds is 1. The average Bonchev–Trinajstić information content (AvgIpc) is 2.33. The van der Waals surface area contributed by atoms with Crippen LogP contribution in [0.4, 0.5) is 0 Å². The van der Waals surface area contributed by atoms with E-state index in [1.165, 1.54) is 12.4 Å². The molecule has 0 fully saturated rings. The van der Waals surface area contributed by atoms with Crippen molar-refractivity contribution in [2.75, 3.05) is 0 Å². The molecule has 0 aliphatic carbocycles. The zero-order valence-electron chi connectivity index (χ0n) is 11.3. The van der Waals surface area contributed by atoms with Crippen LogP contribution in [0.3, 0.4) is 0 Å². The van der Waals surface area contributed by atoms with E-state index in [1.807, 2.05) is 0 Å². The van der Waals surface area contributed by atoms with Gasteiger partial charge in [-0.1, -0.05) is 0 Å². The van der Waals surface area contributed by atoms with E-state index >= 15 is 0 Å². The first kappa shape index (κ1) is 13.2. The first-order chi connectivity index (χ1) is 8.80. The second-order valence-corrected chi connectivity index (χ2v) is 5.30. The summed E-state index contributed by atoms with van der Waals surface area (Å²) in [5.41, 5.74) is -0.0221. The molecule has 0 saturated heterocycles. The molecule has 19 heavy (non-hydrogen) atoms. The normalized spacial score (nSPS) is 11.6. The van der Waals surface area contributed by atoms with Crippen LogP contribution >= 0.6 is 0 Å². The Hall–Kier alpha value is -2.24. The number of carbonyl (C=O) groups excluding carboxylic acids is 1. The van der Waals surface area contributed by atoms with Gasteiger partial charge in [-0.15, -0.1) is 0 Å². The molecule has 2 aromatic rings. The monoisotopic (exact) mass is 261 g/mol. The first-order valence-electron chi connectivity index (χ1n) is 5.86. The van der Waals surface area contributed by atoms with Crippen molar-refractivity contribution in [1.82, 2.24) is 15.0 Å². The van der Waals surface area contributed by atoms with E-state index in [-0.39, 0.29) is 11.3 Å². The Labute approximate surface area is 109 Å². The fourth-order valence-electron chi connectivity index (χ4n) is 1.45. The summed E-state index contributed by atoms with van der Waals surface area (Å²) in [6.45, 7) is 6.81. The van der Waals surface area contributed by atoms with E-state index in [1.54, 1.807) is 27.7 Å². The van der Waals surface area contributed by atoms with Gasteiger partial charge in [0.2, 0.25) is 0 Å². The fraction of sp³-hybridized carbons (Fsp3) is 0.385. The third-order valence-corrected chi connectivity index (χ3v) is 2.63. The zero-order valence-corrected chi connectivity index (χ0v) is 11.3. The van der Waals surface area contributed by atoms with E-state index in [0.29, 0.717) is 16.7 Å². The molecule has 6 heteroatoms. The molecule has 0 unspecified atom stereocenters. The highest BCUT2D eigenvalue weighted by Gasteiger charge is 2.26. The van der Waals surface area contributed by atoms with Crippen LogP contribution in [0.25, 0.3) is 11.2 Å². The Bertz CT molecular complexity index is 698. The fourth-order valence-corrected chi connectivity index (χ4v) is 1.45. The zero-order chi connectivity index (χ0) is 14.2. The summed E-state index contributed by atoms with van der Waals surface area (Å²) >= 11 is 0. The number of carbonyl (C=O) groups is 1. The van der Waals surface area contributed by atoms with Crippen molar-refractivity contribution in [1.29, 1.82) is 0 Å². The minimum Gasteiger partial charge on any atom is -0.423 e. The standard InChI is InChI=1S/C13H15N3O3/c1-7-9(19-12(18)13(2,3)4)8-10(16-11(7)17)15-6-5-14-8/h5-6H,1-4H3,(H,15,16,17). The average molecular weight is 261 g/mol. The van der Waals surface area contributed by atoms with E-state index in [0.717, 1.165) is 0 Å². The molecule has 100 valence electrons. The molecule has 0 bridgehead atoms. The lowest BCUT2D eigenvalue weighted by atomic mass is 9.97. The van der Waals surface area contributed by atoms with E-state index < -0.39 is 11.4 Å². The number of aromatic amines is 1. The van der Waals surface area contributed by atoms with Crippen LogP contribution in [0.2, 0.25) is 0 Å². The van der Waals surface area contributed by atoms with Crippen molar-refractivity contribution in [2.24, 2.45) is 5.41 Å². The lowest BCUT2D eigenvalue weighted by Crippen LogP contribution is -2.27. The summed E-state index contributed by atoms with van der Waals surface area (Å²) in [4.78, 5) is 34.4. The Balaban J connectivity index is 2.62. The predicted molar refractivity (Wildman–Crippen MR) is 70.0 cm³/mol. The predicted octanol–water partition coefficient (Wildman–Crippen LogP) is 1.58. The molecule has 0 aromatic carbocycles. The number of ether oxygens (including phenoxy) is 1. The molecule has 1 N–H and O–H groups in total. The molecule has 2 heterocycles. The molecule has 0 aliphatic heterocycles. The first-order valence-corrected chi connectivity index (χ1v) is 5.86. The molecule has 0 aliphatic rings. The molecule has 6 nitrogen and oxygen atoms in total. The van der Waals surface area contributed by atoms with E-state index in [2.05, 4.69) is 15.0 Å². The number of fused-ring (bicyclic) bond motifs is 1. The molecular formula is C13H15N3O3. The van der Waals surface area contributed by atoms with Crippen LogP contribution in [0, 0.1) is 12.3 Å². The summed E-state index contributed by atoms with van der Waals surface area (Å²) in [5, 5.41) is 0. The van der Waals surface area contributed by atoms with Gasteiger partial charge in [-0.05, 0) is 27.7 Å². The molecule has 0 spiro atoms. The molecule has 0 amide bonds. The number of aromatic nitrogens is 3. The Morgan fingerprint density at radius 3 is 2.53 bits per heavy atom. The van der Waals surface area contributed by atoms with Gasteiger partial charge in [0.25, 0.3) is 5.56 Å². The highest BCUT2D eigenvalue weighted by molar-refractivity contribution is 5.85. The van der Waals surface area contributed by atoms with Crippen LogP contribution < -0.4 is 10.3 Å². The van der Waals surface area contributed by atoms with Crippen molar-refractivity contribution in [3.63, 3.8) is 0 Å². The second-order valence-electron chi connectivity index (χ2n) is 5.30. The maximum absolute atomic E-state index is 12.0. The third-order valence-electron chi connectivity index (χ3n) is 2.63. The number of nitrogens with zero attached hydrogens (tertiary/aromatic N) is 2. The molecular weight excluding hydrogens is 246 g/mol. The van der Waals surface area contributed by atoms with E-state index in [9.17, 15) is 9.59 Å². The molecule has 2 rings (SSSR count). The molecule has 0 saturated carbocycles. The molecule has 2 aromatic heterocycles. The molecule has 0 atom stereocenters. The summed E-state index contributed by atoms with van der Waals surface area (Å²) in [5.74, 6) is -0.250. The van der Waals surface area contributed by atoms with Gasteiger partial charge < -0.3 is 9.72 Å². The number of esters is 1. The van der Waals surface area contributed by atoms with Gasteiger partial charge in [0.15, 0.2) is 11.4 Å².